The van der Waals surface area contributed by atoms with Crippen LogP contribution in [0.15, 0.2) is 17.2 Å². The van der Waals surface area contributed by atoms with Crippen molar-refractivity contribution < 1.29 is 0 Å². The summed E-state index contributed by atoms with van der Waals surface area (Å²) in [6, 6.07) is 0. The van der Waals surface area contributed by atoms with Gasteiger partial charge in [-0.2, -0.15) is 4.98 Å². The van der Waals surface area contributed by atoms with Crippen molar-refractivity contribution in [3.63, 3.8) is 0 Å². The van der Waals surface area contributed by atoms with E-state index in [1.807, 2.05) is 0 Å². The molecule has 1 aliphatic rings. The minimum absolute atomic E-state index is 0.188. The Labute approximate surface area is 74.1 Å². The largest absolute Gasteiger partial charge is 0.369 e. The van der Waals surface area contributed by atoms with Gasteiger partial charge in [0.2, 0.25) is 5.95 Å². The maximum absolute atomic E-state index is 11.3. The van der Waals surface area contributed by atoms with Crippen molar-refractivity contribution in [2.24, 2.45) is 7.05 Å². The molecule has 1 aromatic heterocycles. The fourth-order valence-corrected chi connectivity index (χ4v) is 1.16. The number of hydrogen-bond acceptors (Lipinski definition) is 5. The van der Waals surface area contributed by atoms with Gasteiger partial charge in [0.05, 0.1) is 0 Å². The molecule has 0 spiro atoms. The first-order valence-electron chi connectivity index (χ1n) is 3.75. The number of rotatable bonds is 0. The van der Waals surface area contributed by atoms with Gasteiger partial charge in [-0.3, -0.25) is 9.36 Å². The number of fused-ring (bicyclic) bond motifs is 1. The summed E-state index contributed by atoms with van der Waals surface area (Å²) in [6.45, 7) is 0. The van der Waals surface area contributed by atoms with Gasteiger partial charge in [0.1, 0.15) is 11.5 Å². The molecule has 68 valence electrons. The lowest BCUT2D eigenvalue weighted by Crippen LogP contribution is -2.23. The second-order valence-corrected chi connectivity index (χ2v) is 2.68. The van der Waals surface area contributed by atoms with E-state index in [-0.39, 0.29) is 11.5 Å². The first-order valence-corrected chi connectivity index (χ1v) is 3.75. The number of nitrogens with zero attached hydrogens (tertiary/aromatic N) is 2. The Kier molecular flexibility index (Phi) is 1.48. The van der Waals surface area contributed by atoms with Crippen LogP contribution in [0.2, 0.25) is 0 Å². The Morgan fingerprint density at radius 1 is 1.46 bits per heavy atom. The summed E-state index contributed by atoms with van der Waals surface area (Å²) in [5, 5.41) is 5.72. The van der Waals surface area contributed by atoms with E-state index < -0.39 is 0 Å². The third-order valence-corrected chi connectivity index (χ3v) is 1.88. The fourth-order valence-electron chi connectivity index (χ4n) is 1.16. The summed E-state index contributed by atoms with van der Waals surface area (Å²) in [5.74, 6) is 0.813. The average Bonchev–Trinajstić information content (AvgIpc) is 2.15. The van der Waals surface area contributed by atoms with E-state index in [1.54, 1.807) is 24.0 Å². The summed E-state index contributed by atoms with van der Waals surface area (Å²) in [6.07, 6.45) is 3.31. The molecule has 0 amide bonds. The third kappa shape index (κ3) is 1.03. The highest BCUT2D eigenvalue weighted by Gasteiger charge is 2.13. The molecule has 0 bridgehead atoms. The van der Waals surface area contributed by atoms with Crippen molar-refractivity contribution in [3.8, 4) is 0 Å². The molecule has 6 nitrogen and oxygen atoms in total. The van der Waals surface area contributed by atoms with Gasteiger partial charge >= 0.3 is 0 Å². The first-order chi connectivity index (χ1) is 6.20. The highest BCUT2D eigenvalue weighted by Crippen LogP contribution is 2.20. The maximum Gasteiger partial charge on any atom is 0.300 e. The van der Waals surface area contributed by atoms with E-state index in [0.717, 1.165) is 0 Å². The van der Waals surface area contributed by atoms with Gasteiger partial charge < -0.3 is 16.4 Å². The van der Waals surface area contributed by atoms with Gasteiger partial charge in [-0.15, -0.1) is 0 Å². The first kappa shape index (κ1) is 7.66. The van der Waals surface area contributed by atoms with Crippen LogP contribution in [0.1, 0.15) is 0 Å². The zero-order valence-corrected chi connectivity index (χ0v) is 7.03. The fraction of sp³-hybridized carbons (Fsp3) is 0.143. The summed E-state index contributed by atoms with van der Waals surface area (Å²) in [4.78, 5) is 14.9. The number of nitrogens with one attached hydrogen (secondary N) is 2. The molecular weight excluding hydrogens is 170 g/mol. The quantitative estimate of drug-likeness (QED) is 0.508. The summed E-state index contributed by atoms with van der Waals surface area (Å²) >= 11 is 0. The Balaban J connectivity index is 2.74. The second-order valence-electron chi connectivity index (χ2n) is 2.68. The molecule has 4 N–H and O–H groups in total. The third-order valence-electron chi connectivity index (χ3n) is 1.88. The van der Waals surface area contributed by atoms with Crippen LogP contribution in [0.4, 0.5) is 17.5 Å². The lowest BCUT2D eigenvalue weighted by Gasteiger charge is -2.17. The zero-order chi connectivity index (χ0) is 9.42. The van der Waals surface area contributed by atoms with Crippen molar-refractivity contribution in [2.45, 2.75) is 0 Å². The van der Waals surface area contributed by atoms with Crippen LogP contribution in [-0.4, -0.2) is 9.55 Å². The molecule has 0 atom stereocenters. The van der Waals surface area contributed by atoms with Crippen LogP contribution in [0.3, 0.4) is 0 Å². The van der Waals surface area contributed by atoms with Gasteiger partial charge in [0, 0.05) is 19.4 Å². The van der Waals surface area contributed by atoms with Crippen LogP contribution in [0.5, 0.6) is 0 Å². The van der Waals surface area contributed by atoms with Gasteiger partial charge in [-0.05, 0) is 0 Å². The molecule has 0 aromatic carbocycles. The zero-order valence-electron chi connectivity index (χ0n) is 7.03. The number of nitrogen functional groups attached to an aromatic ring is 1. The van der Waals surface area contributed by atoms with Crippen LogP contribution < -0.4 is 21.9 Å². The molecule has 1 aromatic rings. The lowest BCUT2D eigenvalue weighted by atomic mass is 10.4. The predicted molar refractivity (Wildman–Crippen MR) is 50.3 cm³/mol. The lowest BCUT2D eigenvalue weighted by molar-refractivity contribution is 0.882. The molecule has 0 aliphatic carbocycles. The van der Waals surface area contributed by atoms with E-state index in [4.69, 9.17) is 5.73 Å². The minimum atomic E-state index is -0.359. The molecular formula is C7H9N5O. The highest BCUT2D eigenvalue weighted by atomic mass is 16.1. The molecule has 0 unspecified atom stereocenters. The van der Waals surface area contributed by atoms with Crippen molar-refractivity contribution in [1.29, 1.82) is 0 Å². The molecule has 0 saturated heterocycles. The van der Waals surface area contributed by atoms with Gasteiger partial charge in [0.15, 0.2) is 0 Å². The van der Waals surface area contributed by atoms with Gasteiger partial charge in [-0.25, -0.2) is 0 Å². The van der Waals surface area contributed by atoms with Gasteiger partial charge in [0.25, 0.3) is 5.56 Å². The Morgan fingerprint density at radius 2 is 2.15 bits per heavy atom. The molecule has 0 saturated carbocycles. The molecule has 6 heteroatoms. The van der Waals surface area contributed by atoms with E-state index in [2.05, 4.69) is 15.6 Å². The van der Waals surface area contributed by atoms with Gasteiger partial charge in [-0.1, -0.05) is 0 Å². The molecule has 0 radical (unpaired) electrons. The van der Waals surface area contributed by atoms with Crippen molar-refractivity contribution in [3.05, 3.63) is 22.8 Å². The molecule has 1 aliphatic heterocycles. The summed E-state index contributed by atoms with van der Waals surface area (Å²) < 4.78 is 1.60. The Morgan fingerprint density at radius 3 is 2.92 bits per heavy atom. The molecule has 0 fully saturated rings. The Hall–Kier alpha value is -1.98. The summed E-state index contributed by atoms with van der Waals surface area (Å²) in [7, 11) is 1.73. The Bertz CT molecular complexity index is 433. The van der Waals surface area contributed by atoms with Crippen LogP contribution in [0.25, 0.3) is 0 Å². The number of hydrogen-bond donors (Lipinski definition) is 3. The standard InChI is InChI=1S/C7H9N5O/c1-12-5-4(9-2-3-10-5)6(13)11-7(12)8/h2-3,9-10H,1H3,(H2,8,11,13). The monoisotopic (exact) mass is 179 g/mol. The number of anilines is 3. The topological polar surface area (TPSA) is 85.0 Å². The number of nitrogens with two attached hydrogens (primary N) is 1. The van der Waals surface area contributed by atoms with Crippen molar-refractivity contribution in [1.82, 2.24) is 9.55 Å². The predicted octanol–water partition coefficient (Wildman–Crippen LogP) is -0.329. The second kappa shape index (κ2) is 2.51. The van der Waals surface area contributed by atoms with E-state index in [1.165, 1.54) is 0 Å². The molecule has 2 rings (SSSR count). The SMILES string of the molecule is Cn1c(N)nc(=O)c2c1NC=CN2. The van der Waals surface area contributed by atoms with Crippen LogP contribution in [0, 0.1) is 0 Å². The maximum atomic E-state index is 11.3. The molecule has 2 heterocycles. The smallest absolute Gasteiger partial charge is 0.300 e. The normalized spacial score (nSPS) is 13.0. The van der Waals surface area contributed by atoms with Crippen LogP contribution in [-0.2, 0) is 7.05 Å². The number of aromatic nitrogens is 2. The van der Waals surface area contributed by atoms with Crippen molar-refractivity contribution >= 4 is 17.5 Å². The molecule has 13 heavy (non-hydrogen) atoms. The summed E-state index contributed by atoms with van der Waals surface area (Å²) in [5.41, 5.74) is 5.56. The van der Waals surface area contributed by atoms with E-state index >= 15 is 0 Å². The van der Waals surface area contributed by atoms with E-state index in [0.29, 0.717) is 11.5 Å². The van der Waals surface area contributed by atoms with Crippen molar-refractivity contribution in [2.75, 3.05) is 16.4 Å². The average molecular weight is 179 g/mol. The minimum Gasteiger partial charge on any atom is -0.369 e. The highest BCUT2D eigenvalue weighted by molar-refractivity contribution is 5.69. The van der Waals surface area contributed by atoms with Crippen LogP contribution >= 0.6 is 0 Å². The van der Waals surface area contributed by atoms with E-state index in [9.17, 15) is 4.79 Å².